The molecule has 0 saturated heterocycles. The van der Waals surface area contributed by atoms with Crippen molar-refractivity contribution in [3.63, 3.8) is 0 Å². The highest BCUT2D eigenvalue weighted by Gasteiger charge is 2.04. The van der Waals surface area contributed by atoms with E-state index in [9.17, 15) is 5.11 Å². The van der Waals surface area contributed by atoms with E-state index in [1.54, 1.807) is 18.3 Å². The molecule has 2 heteroatoms. The number of nitrogens with zero attached hydrogens (tertiary/aromatic N) is 1. The van der Waals surface area contributed by atoms with E-state index in [0.29, 0.717) is 0 Å². The first kappa shape index (κ1) is 9.85. The van der Waals surface area contributed by atoms with Crippen LogP contribution in [0.15, 0.2) is 60.8 Å². The Morgan fingerprint density at radius 1 is 0.882 bits per heavy atom. The first-order valence-electron chi connectivity index (χ1n) is 5.48. The molecule has 3 aromatic rings. The summed E-state index contributed by atoms with van der Waals surface area (Å²) < 4.78 is 0. The fourth-order valence-electron chi connectivity index (χ4n) is 2.00. The minimum atomic E-state index is 0.266. The molecule has 0 aliphatic rings. The average molecular weight is 221 g/mol. The number of hydrogen-bond acceptors (Lipinski definition) is 2. The quantitative estimate of drug-likeness (QED) is 0.681. The molecule has 0 unspecified atom stereocenters. The summed E-state index contributed by atoms with van der Waals surface area (Å²) in [7, 11) is 0. The minimum absolute atomic E-state index is 0.266. The monoisotopic (exact) mass is 221 g/mol. The second-order valence-electron chi connectivity index (χ2n) is 3.93. The molecule has 0 atom stereocenters. The Morgan fingerprint density at radius 3 is 2.53 bits per heavy atom. The van der Waals surface area contributed by atoms with Crippen LogP contribution in [0.2, 0.25) is 0 Å². The van der Waals surface area contributed by atoms with Crippen LogP contribution in [0.3, 0.4) is 0 Å². The predicted molar refractivity (Wildman–Crippen MR) is 68.8 cm³/mol. The Morgan fingerprint density at radius 2 is 1.71 bits per heavy atom. The van der Waals surface area contributed by atoms with Gasteiger partial charge in [0.25, 0.3) is 0 Å². The molecular weight excluding hydrogens is 210 g/mol. The smallest absolute Gasteiger partial charge is 0.116 e. The third-order valence-electron chi connectivity index (χ3n) is 2.81. The third-order valence-corrected chi connectivity index (χ3v) is 2.81. The first-order chi connectivity index (χ1) is 8.34. The molecule has 0 spiro atoms. The molecule has 0 fully saturated rings. The summed E-state index contributed by atoms with van der Waals surface area (Å²) in [5.41, 5.74) is 3.11. The molecule has 2 nitrogen and oxygen atoms in total. The Kier molecular flexibility index (Phi) is 2.26. The molecular formula is C15H11NO. The van der Waals surface area contributed by atoms with E-state index < -0.39 is 0 Å². The van der Waals surface area contributed by atoms with Crippen LogP contribution in [0, 0.1) is 0 Å². The van der Waals surface area contributed by atoms with Gasteiger partial charge in [-0.15, -0.1) is 0 Å². The van der Waals surface area contributed by atoms with Crippen LogP contribution in [-0.4, -0.2) is 10.1 Å². The van der Waals surface area contributed by atoms with Crippen molar-refractivity contribution in [2.45, 2.75) is 0 Å². The Bertz CT molecular complexity index is 662. The van der Waals surface area contributed by atoms with Crippen molar-refractivity contribution in [3.8, 4) is 16.9 Å². The molecule has 17 heavy (non-hydrogen) atoms. The molecule has 3 rings (SSSR count). The Labute approximate surface area is 99.2 Å². The molecule has 0 bridgehead atoms. The molecule has 1 aromatic heterocycles. The Hall–Kier alpha value is -2.35. The maximum atomic E-state index is 9.57. The minimum Gasteiger partial charge on any atom is -0.508 e. The van der Waals surface area contributed by atoms with Crippen molar-refractivity contribution in [1.82, 2.24) is 4.98 Å². The summed E-state index contributed by atoms with van der Waals surface area (Å²) in [6.45, 7) is 0. The van der Waals surface area contributed by atoms with E-state index in [4.69, 9.17) is 0 Å². The summed E-state index contributed by atoms with van der Waals surface area (Å²) in [4.78, 5) is 4.30. The fourth-order valence-corrected chi connectivity index (χ4v) is 2.00. The maximum Gasteiger partial charge on any atom is 0.116 e. The number of rotatable bonds is 1. The van der Waals surface area contributed by atoms with Gasteiger partial charge in [-0.2, -0.15) is 0 Å². The molecule has 0 amide bonds. The number of pyridine rings is 1. The number of fused-ring (bicyclic) bond motifs is 1. The highest BCUT2D eigenvalue weighted by atomic mass is 16.3. The lowest BCUT2D eigenvalue weighted by Crippen LogP contribution is -1.83. The number of aromatic nitrogens is 1. The van der Waals surface area contributed by atoms with E-state index in [-0.39, 0.29) is 5.75 Å². The van der Waals surface area contributed by atoms with Crippen LogP contribution in [0.5, 0.6) is 5.75 Å². The van der Waals surface area contributed by atoms with Crippen molar-refractivity contribution in [3.05, 3.63) is 60.8 Å². The largest absolute Gasteiger partial charge is 0.508 e. The predicted octanol–water partition coefficient (Wildman–Crippen LogP) is 3.61. The van der Waals surface area contributed by atoms with E-state index in [1.165, 1.54) is 0 Å². The van der Waals surface area contributed by atoms with Gasteiger partial charge in [-0.1, -0.05) is 30.3 Å². The van der Waals surface area contributed by atoms with Gasteiger partial charge in [-0.25, -0.2) is 0 Å². The van der Waals surface area contributed by atoms with Crippen molar-refractivity contribution in [1.29, 1.82) is 0 Å². The zero-order valence-corrected chi connectivity index (χ0v) is 9.17. The number of benzene rings is 2. The van der Waals surface area contributed by atoms with Gasteiger partial charge in [0.1, 0.15) is 5.75 Å². The van der Waals surface area contributed by atoms with Gasteiger partial charge in [0.2, 0.25) is 0 Å². The summed E-state index contributed by atoms with van der Waals surface area (Å²) >= 11 is 0. The third kappa shape index (κ3) is 1.74. The van der Waals surface area contributed by atoms with Gasteiger partial charge in [0.15, 0.2) is 0 Å². The topological polar surface area (TPSA) is 33.1 Å². The molecule has 1 N–H and O–H groups in total. The lowest BCUT2D eigenvalue weighted by molar-refractivity contribution is 0.476. The second-order valence-corrected chi connectivity index (χ2v) is 3.93. The number of phenolic OH excluding ortho intramolecular Hbond substituents is 1. The van der Waals surface area contributed by atoms with Crippen LogP contribution >= 0.6 is 0 Å². The van der Waals surface area contributed by atoms with Crippen LogP contribution < -0.4 is 0 Å². The molecule has 2 aromatic carbocycles. The number of phenols is 1. The van der Waals surface area contributed by atoms with E-state index in [1.807, 2.05) is 30.3 Å². The summed E-state index contributed by atoms with van der Waals surface area (Å²) in [6.07, 6.45) is 1.79. The highest BCUT2D eigenvalue weighted by molar-refractivity contribution is 5.94. The fraction of sp³-hybridized carbons (Fsp3) is 0. The number of hydrogen-bond donors (Lipinski definition) is 1. The lowest BCUT2D eigenvalue weighted by Gasteiger charge is -2.06. The SMILES string of the molecule is Oc1ccc2nccc(-c3ccccc3)c2c1. The molecule has 0 radical (unpaired) electrons. The number of aromatic hydroxyl groups is 1. The molecule has 0 aliphatic heterocycles. The van der Waals surface area contributed by atoms with Gasteiger partial charge in [0.05, 0.1) is 5.52 Å². The van der Waals surface area contributed by atoms with Crippen LogP contribution in [0.1, 0.15) is 0 Å². The lowest BCUT2D eigenvalue weighted by atomic mass is 10.0. The average Bonchev–Trinajstić information content (AvgIpc) is 2.39. The van der Waals surface area contributed by atoms with Crippen LogP contribution in [-0.2, 0) is 0 Å². The van der Waals surface area contributed by atoms with Gasteiger partial charge in [-0.3, -0.25) is 4.98 Å². The standard InChI is InChI=1S/C15H11NO/c17-12-6-7-15-14(10-12)13(8-9-16-15)11-4-2-1-3-5-11/h1-10,17H. The zero-order valence-electron chi connectivity index (χ0n) is 9.17. The zero-order chi connectivity index (χ0) is 11.7. The molecule has 1 heterocycles. The van der Waals surface area contributed by atoms with E-state index >= 15 is 0 Å². The normalized spacial score (nSPS) is 10.6. The first-order valence-corrected chi connectivity index (χ1v) is 5.48. The summed E-state index contributed by atoms with van der Waals surface area (Å²) in [5, 5.41) is 10.5. The summed E-state index contributed by atoms with van der Waals surface area (Å²) in [5.74, 6) is 0.266. The summed E-state index contributed by atoms with van der Waals surface area (Å²) in [6, 6.07) is 17.3. The molecule has 0 saturated carbocycles. The van der Waals surface area contributed by atoms with E-state index in [2.05, 4.69) is 17.1 Å². The van der Waals surface area contributed by atoms with Crippen molar-refractivity contribution in [2.75, 3.05) is 0 Å². The van der Waals surface area contributed by atoms with Crippen LogP contribution in [0.25, 0.3) is 22.0 Å². The van der Waals surface area contributed by atoms with Gasteiger partial charge in [-0.05, 0) is 35.4 Å². The highest BCUT2D eigenvalue weighted by Crippen LogP contribution is 2.29. The van der Waals surface area contributed by atoms with Crippen molar-refractivity contribution in [2.24, 2.45) is 0 Å². The second kappa shape index (κ2) is 3.91. The van der Waals surface area contributed by atoms with Gasteiger partial charge < -0.3 is 5.11 Å². The van der Waals surface area contributed by atoms with Crippen molar-refractivity contribution < 1.29 is 5.11 Å². The van der Waals surface area contributed by atoms with Gasteiger partial charge >= 0.3 is 0 Å². The van der Waals surface area contributed by atoms with E-state index in [0.717, 1.165) is 22.0 Å². The van der Waals surface area contributed by atoms with Gasteiger partial charge in [0, 0.05) is 11.6 Å². The van der Waals surface area contributed by atoms with Crippen molar-refractivity contribution >= 4 is 10.9 Å². The molecule has 82 valence electrons. The maximum absolute atomic E-state index is 9.57. The Balaban J connectivity index is 2.33. The molecule has 0 aliphatic carbocycles. The van der Waals surface area contributed by atoms with Crippen LogP contribution in [0.4, 0.5) is 0 Å².